The predicted molar refractivity (Wildman–Crippen MR) is 44.9 cm³/mol. The van der Waals surface area contributed by atoms with Crippen molar-refractivity contribution < 1.29 is 12.9 Å². The fraction of sp³-hybridized carbons (Fsp3) is 0.667. The van der Waals surface area contributed by atoms with Crippen LogP contribution < -0.4 is 5.76 Å². The Kier molecular flexibility index (Phi) is 2.55. The van der Waals surface area contributed by atoms with Crippen molar-refractivity contribution in [2.24, 2.45) is 0 Å². The Morgan fingerprint density at radius 1 is 1.54 bits per heavy atom. The van der Waals surface area contributed by atoms with Crippen LogP contribution in [0.4, 0.5) is 0 Å². The lowest BCUT2D eigenvalue weighted by Gasteiger charge is -2.03. The Hall–Kier alpha value is -1.11. The zero-order valence-electron chi connectivity index (χ0n) is 7.27. The highest BCUT2D eigenvalue weighted by Crippen LogP contribution is 2.05. The van der Waals surface area contributed by atoms with Gasteiger partial charge in [0.15, 0.2) is 15.7 Å². The molecule has 1 aromatic rings. The summed E-state index contributed by atoms with van der Waals surface area (Å²) in [7, 11) is -3.23. The lowest BCUT2D eigenvalue weighted by molar-refractivity contribution is 0.382. The second-order valence-corrected chi connectivity index (χ2v) is 5.45. The molecule has 13 heavy (non-hydrogen) atoms. The van der Waals surface area contributed by atoms with Gasteiger partial charge in [0.05, 0.1) is 5.25 Å². The van der Waals surface area contributed by atoms with Crippen molar-refractivity contribution in [3.63, 3.8) is 0 Å². The molecule has 0 unspecified atom stereocenters. The van der Waals surface area contributed by atoms with Gasteiger partial charge in [0.2, 0.25) is 0 Å². The molecule has 1 aromatic heterocycles. The van der Waals surface area contributed by atoms with Gasteiger partial charge in [-0.15, -0.1) is 0 Å². The van der Waals surface area contributed by atoms with Crippen LogP contribution in [0.2, 0.25) is 0 Å². The van der Waals surface area contributed by atoms with Crippen LogP contribution in [0.15, 0.2) is 9.32 Å². The molecule has 0 saturated carbocycles. The molecule has 0 saturated heterocycles. The lowest BCUT2D eigenvalue weighted by atomic mass is 10.6. The Labute approximate surface area is 74.9 Å². The quantitative estimate of drug-likeness (QED) is 0.732. The van der Waals surface area contributed by atoms with E-state index < -0.39 is 20.8 Å². The smallest absolute Gasteiger partial charge is 0.296 e. The van der Waals surface area contributed by atoms with E-state index >= 15 is 0 Å². The Morgan fingerprint density at radius 3 is 2.54 bits per heavy atom. The topological polar surface area (TPSA) is 93.0 Å². The van der Waals surface area contributed by atoms with Gasteiger partial charge in [0.25, 0.3) is 0 Å². The van der Waals surface area contributed by atoms with E-state index in [0.29, 0.717) is 0 Å². The van der Waals surface area contributed by atoms with E-state index in [9.17, 15) is 13.2 Å². The number of H-pyrrole nitrogens is 1. The number of rotatable bonds is 3. The second kappa shape index (κ2) is 3.33. The maximum Gasteiger partial charge on any atom is 0.438 e. The van der Waals surface area contributed by atoms with E-state index in [4.69, 9.17) is 0 Å². The molecule has 0 aromatic carbocycles. The molecule has 74 valence electrons. The van der Waals surface area contributed by atoms with Crippen molar-refractivity contribution >= 4 is 9.84 Å². The fourth-order valence-corrected chi connectivity index (χ4v) is 1.52. The number of sulfone groups is 1. The van der Waals surface area contributed by atoms with Crippen molar-refractivity contribution in [3.05, 3.63) is 16.4 Å². The Bertz CT molecular complexity index is 427. The highest BCUT2D eigenvalue weighted by atomic mass is 32.2. The van der Waals surface area contributed by atoms with Crippen molar-refractivity contribution in [1.82, 2.24) is 10.1 Å². The van der Waals surface area contributed by atoms with Gasteiger partial charge in [-0.1, -0.05) is 5.16 Å². The third kappa shape index (κ3) is 2.41. The van der Waals surface area contributed by atoms with Crippen LogP contribution in [0.25, 0.3) is 0 Å². The molecule has 1 heterocycles. The van der Waals surface area contributed by atoms with Crippen molar-refractivity contribution in [1.29, 1.82) is 0 Å². The summed E-state index contributed by atoms with van der Waals surface area (Å²) in [6.45, 7) is 3.13. The first-order chi connectivity index (χ1) is 5.92. The first-order valence-corrected chi connectivity index (χ1v) is 5.40. The summed E-state index contributed by atoms with van der Waals surface area (Å²) >= 11 is 0. The molecule has 6 nitrogen and oxygen atoms in total. The predicted octanol–water partition coefficient (Wildman–Crippen LogP) is -0.314. The van der Waals surface area contributed by atoms with Crippen LogP contribution in [-0.2, 0) is 15.6 Å². The number of nitrogens with one attached hydrogen (secondary N) is 1. The van der Waals surface area contributed by atoms with Crippen LogP contribution in [0.5, 0.6) is 0 Å². The molecule has 1 N–H and O–H groups in total. The van der Waals surface area contributed by atoms with Gasteiger partial charge in [-0.2, -0.15) is 0 Å². The van der Waals surface area contributed by atoms with Gasteiger partial charge in [-0.05, 0) is 13.8 Å². The first kappa shape index (κ1) is 9.97. The SMILES string of the molecule is CC(C)S(=O)(=O)Cc1noc(=O)[nH]1. The van der Waals surface area contributed by atoms with Gasteiger partial charge >= 0.3 is 5.76 Å². The molecule has 1 rings (SSSR count). The molecule has 0 aliphatic heterocycles. The minimum Gasteiger partial charge on any atom is -0.296 e. The van der Waals surface area contributed by atoms with E-state index in [0.717, 1.165) is 0 Å². The average molecular weight is 206 g/mol. The van der Waals surface area contributed by atoms with E-state index in [1.54, 1.807) is 13.8 Å². The number of aromatic amines is 1. The molecule has 7 heteroatoms. The van der Waals surface area contributed by atoms with E-state index in [1.807, 2.05) is 0 Å². The summed E-state index contributed by atoms with van der Waals surface area (Å²) in [6.07, 6.45) is 0. The second-order valence-electron chi connectivity index (χ2n) is 2.90. The zero-order chi connectivity index (χ0) is 10.1. The first-order valence-electron chi connectivity index (χ1n) is 3.68. The number of nitrogens with zero attached hydrogens (tertiary/aromatic N) is 1. The summed E-state index contributed by atoms with van der Waals surface area (Å²) < 4.78 is 26.8. The highest BCUT2D eigenvalue weighted by Gasteiger charge is 2.19. The molecule has 0 spiro atoms. The zero-order valence-corrected chi connectivity index (χ0v) is 8.09. The van der Waals surface area contributed by atoms with Crippen molar-refractivity contribution in [2.45, 2.75) is 24.9 Å². The minimum atomic E-state index is -3.23. The lowest BCUT2D eigenvalue weighted by Crippen LogP contribution is -2.17. The summed E-state index contributed by atoms with van der Waals surface area (Å²) in [6, 6.07) is 0. The standard InChI is InChI=1S/C6H10N2O4S/c1-4(2)13(10,11)3-5-7-6(9)12-8-5/h4H,3H2,1-2H3,(H,7,8,9). The van der Waals surface area contributed by atoms with Crippen molar-refractivity contribution in [3.8, 4) is 0 Å². The number of aromatic nitrogens is 2. The van der Waals surface area contributed by atoms with Gasteiger partial charge < -0.3 is 0 Å². The van der Waals surface area contributed by atoms with Gasteiger partial charge in [0, 0.05) is 0 Å². The Morgan fingerprint density at radius 2 is 2.15 bits per heavy atom. The minimum absolute atomic E-state index is 0.0405. The molecule has 0 aliphatic carbocycles. The van der Waals surface area contributed by atoms with Gasteiger partial charge in [-0.3, -0.25) is 9.51 Å². The molecule has 0 atom stereocenters. The molecule has 0 bridgehead atoms. The van der Waals surface area contributed by atoms with Gasteiger partial charge in [-0.25, -0.2) is 13.2 Å². The molecular weight excluding hydrogens is 196 g/mol. The van der Waals surface area contributed by atoms with Crippen LogP contribution in [0.1, 0.15) is 19.7 Å². The molecule has 0 fully saturated rings. The van der Waals surface area contributed by atoms with E-state index in [1.165, 1.54) is 0 Å². The summed E-state index contributed by atoms with van der Waals surface area (Å²) in [5, 5.41) is 2.77. The number of hydrogen-bond acceptors (Lipinski definition) is 5. The summed E-state index contributed by atoms with van der Waals surface area (Å²) in [5.41, 5.74) is 0. The molecule has 0 aliphatic rings. The maximum atomic E-state index is 11.3. The highest BCUT2D eigenvalue weighted by molar-refractivity contribution is 7.91. The molecule has 0 radical (unpaired) electrons. The van der Waals surface area contributed by atoms with Crippen LogP contribution in [0, 0.1) is 0 Å². The molecular formula is C6H10N2O4S. The monoisotopic (exact) mass is 206 g/mol. The Balaban J connectivity index is 2.87. The van der Waals surface area contributed by atoms with E-state index in [2.05, 4.69) is 14.7 Å². The van der Waals surface area contributed by atoms with Crippen LogP contribution >= 0.6 is 0 Å². The largest absolute Gasteiger partial charge is 0.438 e. The summed E-state index contributed by atoms with van der Waals surface area (Å²) in [5.74, 6) is -0.996. The van der Waals surface area contributed by atoms with Gasteiger partial charge in [0.1, 0.15) is 5.75 Å². The van der Waals surface area contributed by atoms with Crippen LogP contribution in [-0.4, -0.2) is 23.8 Å². The average Bonchev–Trinajstić information content (AvgIpc) is 2.34. The summed E-state index contributed by atoms with van der Waals surface area (Å²) in [4.78, 5) is 12.6. The van der Waals surface area contributed by atoms with Crippen molar-refractivity contribution in [2.75, 3.05) is 0 Å². The molecule has 0 amide bonds. The third-order valence-corrected chi connectivity index (χ3v) is 3.65. The van der Waals surface area contributed by atoms with Crippen LogP contribution in [0.3, 0.4) is 0 Å². The third-order valence-electron chi connectivity index (χ3n) is 1.54. The fourth-order valence-electron chi connectivity index (χ4n) is 0.680. The van der Waals surface area contributed by atoms with E-state index in [-0.39, 0.29) is 11.6 Å². The maximum absolute atomic E-state index is 11.3. The number of hydrogen-bond donors (Lipinski definition) is 1. The normalized spacial score (nSPS) is 12.2.